The van der Waals surface area contributed by atoms with Crippen molar-refractivity contribution >= 4 is 33.2 Å². The number of nitrogens with zero attached hydrogens (tertiary/aromatic N) is 2. The monoisotopic (exact) mass is 356 g/mol. The minimum atomic E-state index is -3.93. The summed E-state index contributed by atoms with van der Waals surface area (Å²) in [7, 11) is 1.30. The summed E-state index contributed by atoms with van der Waals surface area (Å²) < 4.78 is 40.2. The molecule has 1 aromatic rings. The van der Waals surface area contributed by atoms with Crippen LogP contribution in [0.5, 0.6) is 0 Å². The first kappa shape index (κ1) is 18.6. The van der Waals surface area contributed by atoms with Gasteiger partial charge in [0, 0.05) is 24.2 Å². The van der Waals surface area contributed by atoms with Crippen LogP contribution in [-0.2, 0) is 15.9 Å². The first-order valence-corrected chi connectivity index (χ1v) is 8.70. The van der Waals surface area contributed by atoms with Crippen LogP contribution in [0.15, 0.2) is 17.0 Å². The van der Waals surface area contributed by atoms with E-state index in [4.69, 9.17) is 23.2 Å². The van der Waals surface area contributed by atoms with Crippen LogP contribution in [0.3, 0.4) is 0 Å². The van der Waals surface area contributed by atoms with Gasteiger partial charge < -0.3 is 4.90 Å². The highest BCUT2D eigenvalue weighted by atomic mass is 35.5. The van der Waals surface area contributed by atoms with Gasteiger partial charge in [-0.25, -0.2) is 17.1 Å². The maximum Gasteiger partial charge on any atom is 0.245 e. The molecule has 0 unspecified atom stereocenters. The van der Waals surface area contributed by atoms with Crippen LogP contribution in [0.2, 0.25) is 5.02 Å². The lowest BCUT2D eigenvalue weighted by atomic mass is 10.2. The van der Waals surface area contributed by atoms with Gasteiger partial charge in [0.25, 0.3) is 0 Å². The summed E-state index contributed by atoms with van der Waals surface area (Å²) in [5, 5.41) is 0.146. The highest BCUT2D eigenvalue weighted by molar-refractivity contribution is 7.89. The average molecular weight is 357 g/mol. The second kappa shape index (κ2) is 7.74. The zero-order chi connectivity index (χ0) is 16.2. The summed E-state index contributed by atoms with van der Waals surface area (Å²) in [5.41, 5.74) is 0.0735. The Kier molecular flexibility index (Phi) is 6.87. The van der Waals surface area contributed by atoms with Crippen LogP contribution in [0, 0.1) is 5.82 Å². The highest BCUT2D eigenvalue weighted by Gasteiger charge is 2.26. The molecule has 1 aromatic carbocycles. The Morgan fingerprint density at radius 2 is 1.81 bits per heavy atom. The Balaban J connectivity index is 3.05. The van der Waals surface area contributed by atoms with E-state index in [0.29, 0.717) is 13.0 Å². The standard InChI is InChI=1S/C13H19Cl2FN2O2S/c1-17(2)5-4-6-18(3)21(19,20)12-8-11(15)7-10(9-14)13(12)16/h7-8H,4-6,9H2,1-3H3. The lowest BCUT2D eigenvalue weighted by Gasteiger charge is -2.19. The Labute approximate surface area is 135 Å². The topological polar surface area (TPSA) is 40.6 Å². The molecule has 0 amide bonds. The molecule has 0 spiro atoms. The third-order valence-electron chi connectivity index (χ3n) is 2.99. The summed E-state index contributed by atoms with van der Waals surface area (Å²) in [6.07, 6.45) is 0.646. The van der Waals surface area contributed by atoms with Crippen LogP contribution in [0.4, 0.5) is 4.39 Å². The zero-order valence-corrected chi connectivity index (χ0v) is 14.6. The smallest absolute Gasteiger partial charge is 0.245 e. The fourth-order valence-corrected chi connectivity index (χ4v) is 3.64. The summed E-state index contributed by atoms with van der Waals surface area (Å²) in [4.78, 5) is 1.52. The molecular weight excluding hydrogens is 338 g/mol. The molecule has 21 heavy (non-hydrogen) atoms. The molecule has 0 aliphatic carbocycles. The van der Waals surface area contributed by atoms with E-state index in [2.05, 4.69) is 0 Å². The number of rotatable bonds is 7. The molecule has 0 heterocycles. The summed E-state index contributed by atoms with van der Waals surface area (Å²) in [6, 6.07) is 2.44. The van der Waals surface area contributed by atoms with Crippen molar-refractivity contribution < 1.29 is 12.8 Å². The van der Waals surface area contributed by atoms with Crippen LogP contribution in [0.25, 0.3) is 0 Å². The first-order valence-electron chi connectivity index (χ1n) is 6.35. The summed E-state index contributed by atoms with van der Waals surface area (Å²) in [5.74, 6) is -0.979. The van der Waals surface area contributed by atoms with E-state index in [-0.39, 0.29) is 16.5 Å². The SMILES string of the molecule is CN(C)CCCN(C)S(=O)(=O)c1cc(Cl)cc(CCl)c1F. The maximum absolute atomic E-state index is 14.2. The van der Waals surface area contributed by atoms with Crippen LogP contribution in [0.1, 0.15) is 12.0 Å². The Hall–Kier alpha value is -0.400. The average Bonchev–Trinajstić information content (AvgIpc) is 2.40. The predicted molar refractivity (Wildman–Crippen MR) is 84.0 cm³/mol. The minimum Gasteiger partial charge on any atom is -0.309 e. The van der Waals surface area contributed by atoms with Gasteiger partial charge in [-0.1, -0.05) is 11.6 Å². The van der Waals surface area contributed by atoms with Crippen molar-refractivity contribution in [3.63, 3.8) is 0 Å². The van der Waals surface area contributed by atoms with Gasteiger partial charge in [-0.15, -0.1) is 11.6 Å². The molecule has 120 valence electrons. The fraction of sp³-hybridized carbons (Fsp3) is 0.538. The third-order valence-corrected chi connectivity index (χ3v) is 5.35. The highest BCUT2D eigenvalue weighted by Crippen LogP contribution is 2.26. The van der Waals surface area contributed by atoms with Crippen LogP contribution >= 0.6 is 23.2 Å². The number of sulfonamides is 1. The van der Waals surface area contributed by atoms with Gasteiger partial charge in [0.05, 0.1) is 5.88 Å². The van der Waals surface area contributed by atoms with E-state index in [0.717, 1.165) is 16.9 Å². The van der Waals surface area contributed by atoms with Crippen LogP contribution < -0.4 is 0 Å². The summed E-state index contributed by atoms with van der Waals surface area (Å²) in [6.45, 7) is 1.04. The molecule has 0 bridgehead atoms. The van der Waals surface area contributed by atoms with Crippen LogP contribution in [-0.4, -0.2) is 51.9 Å². The van der Waals surface area contributed by atoms with E-state index < -0.39 is 20.7 Å². The molecule has 0 saturated heterocycles. The molecule has 0 N–H and O–H groups in total. The quantitative estimate of drug-likeness (QED) is 0.705. The molecule has 0 aromatic heterocycles. The molecule has 0 aliphatic heterocycles. The summed E-state index contributed by atoms with van der Waals surface area (Å²) >= 11 is 11.5. The van der Waals surface area contributed by atoms with E-state index in [1.807, 2.05) is 19.0 Å². The third kappa shape index (κ3) is 4.79. The van der Waals surface area contributed by atoms with Gasteiger partial charge in [-0.2, -0.15) is 0 Å². The zero-order valence-electron chi connectivity index (χ0n) is 12.2. The number of alkyl halides is 1. The van der Waals surface area contributed by atoms with E-state index in [1.54, 1.807) is 0 Å². The van der Waals surface area contributed by atoms with Crippen molar-refractivity contribution in [2.24, 2.45) is 0 Å². The Morgan fingerprint density at radius 3 is 2.33 bits per heavy atom. The second-order valence-corrected chi connectivity index (χ2v) is 7.71. The largest absolute Gasteiger partial charge is 0.309 e. The lowest BCUT2D eigenvalue weighted by molar-refractivity contribution is 0.369. The van der Waals surface area contributed by atoms with Crippen molar-refractivity contribution in [1.82, 2.24) is 9.21 Å². The normalized spacial score (nSPS) is 12.4. The van der Waals surface area contributed by atoms with Crippen molar-refractivity contribution in [3.05, 3.63) is 28.5 Å². The first-order chi connectivity index (χ1) is 9.70. The number of hydrogen-bond donors (Lipinski definition) is 0. The maximum atomic E-state index is 14.2. The molecule has 4 nitrogen and oxygen atoms in total. The van der Waals surface area contributed by atoms with Gasteiger partial charge in [-0.05, 0) is 39.2 Å². The molecule has 8 heteroatoms. The molecule has 1 rings (SSSR count). The second-order valence-electron chi connectivity index (χ2n) is 4.99. The molecular formula is C13H19Cl2FN2O2S. The van der Waals surface area contributed by atoms with Crippen molar-refractivity contribution in [3.8, 4) is 0 Å². The van der Waals surface area contributed by atoms with Gasteiger partial charge >= 0.3 is 0 Å². The number of hydrogen-bond acceptors (Lipinski definition) is 3. The molecule has 0 aliphatic rings. The van der Waals surface area contributed by atoms with E-state index in [1.165, 1.54) is 13.1 Å². The van der Waals surface area contributed by atoms with Gasteiger partial charge in [0.15, 0.2) is 0 Å². The molecule has 0 atom stereocenters. The predicted octanol–water partition coefficient (Wildman–Crippen LogP) is 2.79. The van der Waals surface area contributed by atoms with Gasteiger partial charge in [-0.3, -0.25) is 0 Å². The Bertz CT molecular complexity index is 594. The van der Waals surface area contributed by atoms with E-state index in [9.17, 15) is 12.8 Å². The lowest BCUT2D eigenvalue weighted by Crippen LogP contribution is -2.30. The van der Waals surface area contributed by atoms with Crippen molar-refractivity contribution in [2.45, 2.75) is 17.2 Å². The molecule has 0 radical (unpaired) electrons. The minimum absolute atomic E-state index is 0.0735. The number of halogens is 3. The fourth-order valence-electron chi connectivity index (χ4n) is 1.80. The van der Waals surface area contributed by atoms with Crippen molar-refractivity contribution in [2.75, 3.05) is 34.2 Å². The van der Waals surface area contributed by atoms with E-state index >= 15 is 0 Å². The van der Waals surface area contributed by atoms with Crippen molar-refractivity contribution in [1.29, 1.82) is 0 Å². The number of benzene rings is 1. The molecule has 0 fully saturated rings. The molecule has 0 saturated carbocycles. The Morgan fingerprint density at radius 1 is 1.19 bits per heavy atom. The van der Waals surface area contributed by atoms with Gasteiger partial charge in [0.2, 0.25) is 10.0 Å². The van der Waals surface area contributed by atoms with Gasteiger partial charge in [0.1, 0.15) is 10.7 Å².